The number of fused-ring (bicyclic) bond motifs is 1. The zero-order valence-electron chi connectivity index (χ0n) is 15.0. The molecule has 4 rings (SSSR count). The van der Waals surface area contributed by atoms with E-state index in [2.05, 4.69) is 10.3 Å². The zero-order valence-corrected chi connectivity index (χ0v) is 15.0. The largest absolute Gasteiger partial charge is 0.330 e. The molecule has 0 unspecified atom stereocenters. The standard InChI is InChI=1S/C22H19N3O2/c1-15-7-9-18(10-8-15)24-21(26)19-6-2-5-17-14-25(22(27)20(17)19)13-16-4-3-11-23-12-16/h2-12H,13-14H2,1H3,(H,24,26). The third kappa shape index (κ3) is 3.44. The molecule has 0 radical (unpaired) electrons. The number of aryl methyl sites for hydroxylation is 1. The Bertz CT molecular complexity index is 998. The Labute approximate surface area is 157 Å². The van der Waals surface area contributed by atoms with Crippen molar-refractivity contribution in [2.24, 2.45) is 0 Å². The Morgan fingerprint density at radius 2 is 1.93 bits per heavy atom. The van der Waals surface area contributed by atoms with Crippen LogP contribution in [0.4, 0.5) is 5.69 Å². The van der Waals surface area contributed by atoms with Gasteiger partial charge in [0.25, 0.3) is 11.8 Å². The first-order chi connectivity index (χ1) is 13.1. The first-order valence-corrected chi connectivity index (χ1v) is 8.80. The lowest BCUT2D eigenvalue weighted by atomic mass is 10.0. The number of amides is 2. The highest BCUT2D eigenvalue weighted by Crippen LogP contribution is 2.28. The number of hydrogen-bond acceptors (Lipinski definition) is 3. The summed E-state index contributed by atoms with van der Waals surface area (Å²) in [5.41, 5.74) is 4.57. The van der Waals surface area contributed by atoms with E-state index in [1.165, 1.54) is 0 Å². The number of rotatable bonds is 4. The molecule has 1 aliphatic heterocycles. The van der Waals surface area contributed by atoms with Gasteiger partial charge in [-0.05, 0) is 42.3 Å². The average molecular weight is 357 g/mol. The topological polar surface area (TPSA) is 62.3 Å². The molecule has 1 aliphatic rings. The molecule has 2 amide bonds. The molecule has 2 heterocycles. The first-order valence-electron chi connectivity index (χ1n) is 8.80. The molecule has 5 nitrogen and oxygen atoms in total. The zero-order chi connectivity index (χ0) is 18.8. The van der Waals surface area contributed by atoms with Crippen molar-refractivity contribution >= 4 is 17.5 Å². The number of anilines is 1. The third-order valence-electron chi connectivity index (χ3n) is 4.66. The second kappa shape index (κ2) is 7.03. The van der Waals surface area contributed by atoms with E-state index in [0.29, 0.717) is 29.9 Å². The minimum Gasteiger partial charge on any atom is -0.330 e. The molecule has 0 aliphatic carbocycles. The number of pyridine rings is 1. The summed E-state index contributed by atoms with van der Waals surface area (Å²) in [6, 6.07) is 16.8. The van der Waals surface area contributed by atoms with Crippen LogP contribution in [0.1, 0.15) is 37.4 Å². The molecule has 0 saturated carbocycles. The van der Waals surface area contributed by atoms with Crippen LogP contribution in [0, 0.1) is 6.92 Å². The van der Waals surface area contributed by atoms with Gasteiger partial charge in [0.05, 0.1) is 11.1 Å². The Hall–Kier alpha value is -3.47. The number of benzene rings is 2. The van der Waals surface area contributed by atoms with E-state index in [4.69, 9.17) is 0 Å². The van der Waals surface area contributed by atoms with Gasteiger partial charge in [-0.15, -0.1) is 0 Å². The molecule has 27 heavy (non-hydrogen) atoms. The fourth-order valence-electron chi connectivity index (χ4n) is 3.28. The molecule has 0 atom stereocenters. The lowest BCUT2D eigenvalue weighted by Gasteiger charge is -2.15. The molecular weight excluding hydrogens is 338 g/mol. The highest BCUT2D eigenvalue weighted by atomic mass is 16.2. The molecule has 2 aromatic carbocycles. The molecule has 0 bridgehead atoms. The van der Waals surface area contributed by atoms with Gasteiger partial charge in [-0.25, -0.2) is 0 Å². The van der Waals surface area contributed by atoms with Gasteiger partial charge in [-0.2, -0.15) is 0 Å². The summed E-state index contributed by atoms with van der Waals surface area (Å²) in [4.78, 5) is 31.6. The van der Waals surface area contributed by atoms with Gasteiger partial charge in [0.2, 0.25) is 0 Å². The van der Waals surface area contributed by atoms with E-state index < -0.39 is 0 Å². The fraction of sp³-hybridized carbons (Fsp3) is 0.136. The molecule has 5 heteroatoms. The summed E-state index contributed by atoms with van der Waals surface area (Å²) >= 11 is 0. The van der Waals surface area contributed by atoms with Crippen molar-refractivity contribution in [3.8, 4) is 0 Å². The van der Waals surface area contributed by atoms with Crippen molar-refractivity contribution in [1.82, 2.24) is 9.88 Å². The predicted octanol–water partition coefficient (Wildman–Crippen LogP) is 3.80. The van der Waals surface area contributed by atoms with Crippen molar-refractivity contribution in [3.05, 3.63) is 94.8 Å². The van der Waals surface area contributed by atoms with Crippen LogP contribution in [0.15, 0.2) is 67.0 Å². The van der Waals surface area contributed by atoms with Gasteiger partial charge in [0, 0.05) is 31.2 Å². The van der Waals surface area contributed by atoms with E-state index >= 15 is 0 Å². The summed E-state index contributed by atoms with van der Waals surface area (Å²) in [5, 5.41) is 2.88. The first kappa shape index (κ1) is 17.0. The van der Waals surface area contributed by atoms with Crippen LogP contribution in [0.3, 0.4) is 0 Å². The van der Waals surface area contributed by atoms with Crippen LogP contribution in [0.5, 0.6) is 0 Å². The molecular formula is C22H19N3O2. The van der Waals surface area contributed by atoms with E-state index in [-0.39, 0.29) is 11.8 Å². The van der Waals surface area contributed by atoms with E-state index in [9.17, 15) is 9.59 Å². The highest BCUT2D eigenvalue weighted by Gasteiger charge is 2.31. The van der Waals surface area contributed by atoms with Gasteiger partial charge < -0.3 is 10.2 Å². The van der Waals surface area contributed by atoms with Crippen molar-refractivity contribution in [3.63, 3.8) is 0 Å². The number of carbonyl (C=O) groups is 2. The van der Waals surface area contributed by atoms with Crippen molar-refractivity contribution < 1.29 is 9.59 Å². The smallest absolute Gasteiger partial charge is 0.256 e. The molecule has 3 aromatic rings. The summed E-state index contributed by atoms with van der Waals surface area (Å²) in [7, 11) is 0. The molecule has 0 saturated heterocycles. The summed E-state index contributed by atoms with van der Waals surface area (Å²) < 4.78 is 0. The highest BCUT2D eigenvalue weighted by molar-refractivity contribution is 6.13. The Kier molecular flexibility index (Phi) is 4.42. The molecule has 134 valence electrons. The molecule has 0 fully saturated rings. The van der Waals surface area contributed by atoms with E-state index in [0.717, 1.165) is 16.7 Å². The third-order valence-corrected chi connectivity index (χ3v) is 4.66. The second-order valence-electron chi connectivity index (χ2n) is 6.68. The maximum Gasteiger partial charge on any atom is 0.256 e. The maximum absolute atomic E-state index is 12.9. The van der Waals surface area contributed by atoms with E-state index in [1.807, 2.05) is 55.5 Å². The van der Waals surface area contributed by atoms with Crippen molar-refractivity contribution in [1.29, 1.82) is 0 Å². The van der Waals surface area contributed by atoms with Crippen LogP contribution in [-0.4, -0.2) is 21.7 Å². The monoisotopic (exact) mass is 357 g/mol. The Balaban J connectivity index is 1.58. The molecule has 1 N–H and O–H groups in total. The number of carbonyl (C=O) groups excluding carboxylic acids is 2. The summed E-state index contributed by atoms with van der Waals surface area (Å²) in [6.45, 7) is 2.96. The number of nitrogens with zero attached hydrogens (tertiary/aromatic N) is 2. The van der Waals surface area contributed by atoms with Crippen LogP contribution in [0.25, 0.3) is 0 Å². The quantitative estimate of drug-likeness (QED) is 0.772. The number of aromatic nitrogens is 1. The molecule has 1 aromatic heterocycles. The summed E-state index contributed by atoms with van der Waals surface area (Å²) in [6.07, 6.45) is 3.46. The lowest BCUT2D eigenvalue weighted by Crippen LogP contribution is -2.25. The number of hydrogen-bond donors (Lipinski definition) is 1. The predicted molar refractivity (Wildman–Crippen MR) is 103 cm³/mol. The number of nitrogens with one attached hydrogen (secondary N) is 1. The van der Waals surface area contributed by atoms with Crippen molar-refractivity contribution in [2.45, 2.75) is 20.0 Å². The van der Waals surface area contributed by atoms with Crippen LogP contribution >= 0.6 is 0 Å². The van der Waals surface area contributed by atoms with E-state index in [1.54, 1.807) is 23.4 Å². The van der Waals surface area contributed by atoms with Crippen LogP contribution in [-0.2, 0) is 13.1 Å². The minimum atomic E-state index is -0.271. The minimum absolute atomic E-state index is 0.122. The fourth-order valence-corrected chi connectivity index (χ4v) is 3.28. The van der Waals surface area contributed by atoms with Gasteiger partial charge >= 0.3 is 0 Å². The SMILES string of the molecule is Cc1ccc(NC(=O)c2cccc3c2C(=O)N(Cc2cccnc2)C3)cc1. The summed E-state index contributed by atoms with van der Waals surface area (Å²) in [5.74, 6) is -0.393. The Morgan fingerprint density at radius 3 is 2.67 bits per heavy atom. The lowest BCUT2D eigenvalue weighted by molar-refractivity contribution is 0.0763. The average Bonchev–Trinajstić information content (AvgIpc) is 3.00. The van der Waals surface area contributed by atoms with Gasteiger partial charge in [0.1, 0.15) is 0 Å². The second-order valence-corrected chi connectivity index (χ2v) is 6.68. The van der Waals surface area contributed by atoms with Crippen LogP contribution < -0.4 is 5.32 Å². The maximum atomic E-state index is 12.9. The van der Waals surface area contributed by atoms with Gasteiger partial charge in [0.15, 0.2) is 0 Å². The Morgan fingerprint density at radius 1 is 1.11 bits per heavy atom. The normalized spacial score (nSPS) is 12.8. The van der Waals surface area contributed by atoms with Crippen molar-refractivity contribution in [2.75, 3.05) is 5.32 Å². The van der Waals surface area contributed by atoms with Gasteiger partial charge in [-0.1, -0.05) is 35.9 Å². The molecule has 0 spiro atoms. The van der Waals surface area contributed by atoms with Gasteiger partial charge in [-0.3, -0.25) is 14.6 Å². The van der Waals surface area contributed by atoms with Crippen LogP contribution in [0.2, 0.25) is 0 Å².